The van der Waals surface area contributed by atoms with Gasteiger partial charge in [0.2, 0.25) is 0 Å². The Labute approximate surface area is 162 Å². The molecule has 0 saturated heterocycles. The van der Waals surface area contributed by atoms with Crippen LogP contribution in [0.25, 0.3) is 0 Å². The molecule has 0 radical (unpaired) electrons. The second kappa shape index (κ2) is 10.7. The summed E-state index contributed by atoms with van der Waals surface area (Å²) in [4.78, 5) is 11.8. The highest BCUT2D eigenvalue weighted by Crippen LogP contribution is 2.38. The van der Waals surface area contributed by atoms with Crippen LogP contribution in [0, 0.1) is 0 Å². The van der Waals surface area contributed by atoms with Gasteiger partial charge in [-0.15, -0.1) is 0 Å². The molecule has 0 bridgehead atoms. The average Bonchev–Trinajstić information content (AvgIpc) is 2.67. The molecular formula is C19H21ClO7. The number of rotatable bonds is 11. The highest BCUT2D eigenvalue weighted by atomic mass is 35.5. The Morgan fingerprint density at radius 1 is 1.00 bits per heavy atom. The number of benzene rings is 2. The van der Waals surface area contributed by atoms with Crippen molar-refractivity contribution in [2.24, 2.45) is 0 Å². The van der Waals surface area contributed by atoms with Crippen LogP contribution in [0.3, 0.4) is 0 Å². The molecule has 27 heavy (non-hydrogen) atoms. The largest absolute Gasteiger partial charge is 0.478 e. The van der Waals surface area contributed by atoms with E-state index in [4.69, 9.17) is 35.3 Å². The van der Waals surface area contributed by atoms with Gasteiger partial charge in [0.25, 0.3) is 0 Å². The zero-order valence-electron chi connectivity index (χ0n) is 15.1. The van der Waals surface area contributed by atoms with Crippen molar-refractivity contribution < 1.29 is 33.6 Å². The van der Waals surface area contributed by atoms with Gasteiger partial charge in [-0.05, 0) is 5.56 Å². The lowest BCUT2D eigenvalue weighted by atomic mass is 10.1. The molecule has 0 amide bonds. The quantitative estimate of drug-likeness (QED) is 0.579. The molecule has 2 aromatic carbocycles. The maximum Gasteiger partial charge on any atom is 0.339 e. The third kappa shape index (κ3) is 5.83. The van der Waals surface area contributed by atoms with Crippen molar-refractivity contribution in [2.45, 2.75) is 13.2 Å². The lowest BCUT2D eigenvalue weighted by Gasteiger charge is -2.18. The smallest absolute Gasteiger partial charge is 0.339 e. The monoisotopic (exact) mass is 396 g/mol. The highest BCUT2D eigenvalue weighted by Gasteiger charge is 2.24. The van der Waals surface area contributed by atoms with Gasteiger partial charge in [0.1, 0.15) is 17.1 Å². The molecule has 8 heteroatoms. The fraction of sp³-hybridized carbons (Fsp3) is 0.316. The number of carboxylic acids is 1. The molecule has 0 heterocycles. The molecule has 0 aromatic heterocycles. The van der Waals surface area contributed by atoms with E-state index < -0.39 is 5.97 Å². The number of methoxy groups -OCH3 is 2. The summed E-state index contributed by atoms with van der Waals surface area (Å²) in [7, 11) is 2.90. The van der Waals surface area contributed by atoms with Gasteiger partial charge in [0.05, 0.1) is 18.2 Å². The number of aromatic carboxylic acids is 1. The van der Waals surface area contributed by atoms with E-state index in [2.05, 4.69) is 0 Å². The van der Waals surface area contributed by atoms with E-state index in [0.717, 1.165) is 5.56 Å². The van der Waals surface area contributed by atoms with Crippen LogP contribution in [0.4, 0.5) is 0 Å². The molecule has 0 aliphatic rings. The van der Waals surface area contributed by atoms with Crippen LogP contribution in [0.1, 0.15) is 21.5 Å². The predicted octanol–water partition coefficient (Wildman–Crippen LogP) is 3.72. The summed E-state index contributed by atoms with van der Waals surface area (Å²) in [6.45, 7) is 0.0760. The summed E-state index contributed by atoms with van der Waals surface area (Å²) < 4.78 is 26.2. The SMILES string of the molecule is COCOc1cc(OCOC)c(C(=O)O)c(COCc2ccccc2)c1Cl. The fourth-order valence-electron chi connectivity index (χ4n) is 2.34. The summed E-state index contributed by atoms with van der Waals surface area (Å²) in [5.74, 6) is -0.897. The first-order chi connectivity index (χ1) is 13.1. The van der Waals surface area contributed by atoms with Crippen molar-refractivity contribution in [1.82, 2.24) is 0 Å². The van der Waals surface area contributed by atoms with Gasteiger partial charge in [-0.1, -0.05) is 41.9 Å². The minimum Gasteiger partial charge on any atom is -0.478 e. The third-order valence-electron chi connectivity index (χ3n) is 3.53. The molecule has 2 aromatic rings. The zero-order chi connectivity index (χ0) is 19.6. The number of carboxylic acid groups (broad SMARTS) is 1. The van der Waals surface area contributed by atoms with Crippen LogP contribution >= 0.6 is 11.6 Å². The normalized spacial score (nSPS) is 10.6. The lowest BCUT2D eigenvalue weighted by molar-refractivity contribution is 0.0435. The first kappa shape index (κ1) is 21.0. The first-order valence-corrected chi connectivity index (χ1v) is 8.40. The Morgan fingerprint density at radius 2 is 1.63 bits per heavy atom. The van der Waals surface area contributed by atoms with Gasteiger partial charge in [-0.25, -0.2) is 4.79 Å². The predicted molar refractivity (Wildman–Crippen MR) is 98.4 cm³/mol. The lowest BCUT2D eigenvalue weighted by Crippen LogP contribution is -2.12. The minimum absolute atomic E-state index is 0.0388. The van der Waals surface area contributed by atoms with E-state index in [1.165, 1.54) is 20.3 Å². The number of hydrogen-bond donors (Lipinski definition) is 1. The Balaban J connectivity index is 2.33. The van der Waals surface area contributed by atoms with Gasteiger partial charge in [-0.3, -0.25) is 0 Å². The molecule has 7 nitrogen and oxygen atoms in total. The Bertz CT molecular complexity index is 749. The summed E-state index contributed by atoms with van der Waals surface area (Å²) in [5, 5.41) is 9.78. The van der Waals surface area contributed by atoms with Gasteiger partial charge in [-0.2, -0.15) is 0 Å². The van der Waals surface area contributed by atoms with E-state index in [-0.39, 0.29) is 47.8 Å². The zero-order valence-corrected chi connectivity index (χ0v) is 15.8. The minimum atomic E-state index is -1.19. The topological polar surface area (TPSA) is 83.5 Å². The van der Waals surface area contributed by atoms with E-state index in [9.17, 15) is 9.90 Å². The van der Waals surface area contributed by atoms with Gasteiger partial charge >= 0.3 is 5.97 Å². The highest BCUT2D eigenvalue weighted by molar-refractivity contribution is 6.33. The van der Waals surface area contributed by atoms with Gasteiger partial charge in [0.15, 0.2) is 13.6 Å². The molecular weight excluding hydrogens is 376 g/mol. The molecule has 0 atom stereocenters. The maximum absolute atomic E-state index is 11.8. The molecule has 0 unspecified atom stereocenters. The molecule has 1 N–H and O–H groups in total. The Kier molecular flexibility index (Phi) is 8.35. The van der Waals surface area contributed by atoms with E-state index in [1.807, 2.05) is 30.3 Å². The molecule has 0 saturated carbocycles. The van der Waals surface area contributed by atoms with Gasteiger partial charge in [0, 0.05) is 25.8 Å². The number of ether oxygens (including phenoxy) is 5. The fourth-order valence-corrected chi connectivity index (χ4v) is 2.60. The standard InChI is InChI=1S/C19H21ClO7/c1-23-11-26-15-8-16(27-12-24-2)18(20)14(17(15)19(21)22)10-25-9-13-6-4-3-5-7-13/h3-8H,9-12H2,1-2H3,(H,21,22). The summed E-state index contributed by atoms with van der Waals surface area (Å²) >= 11 is 6.37. The van der Waals surface area contributed by atoms with E-state index in [1.54, 1.807) is 0 Å². The van der Waals surface area contributed by atoms with Crippen molar-refractivity contribution in [1.29, 1.82) is 0 Å². The molecule has 2 rings (SSSR count). The van der Waals surface area contributed by atoms with Gasteiger partial charge < -0.3 is 28.8 Å². The third-order valence-corrected chi connectivity index (χ3v) is 3.94. The van der Waals surface area contributed by atoms with Crippen LogP contribution in [0.5, 0.6) is 11.5 Å². The summed E-state index contributed by atoms with van der Waals surface area (Å²) in [6, 6.07) is 10.9. The van der Waals surface area contributed by atoms with Crippen molar-refractivity contribution >= 4 is 17.6 Å². The first-order valence-electron chi connectivity index (χ1n) is 8.02. The molecule has 0 spiro atoms. The second-order valence-electron chi connectivity index (χ2n) is 5.43. The number of hydrogen-bond acceptors (Lipinski definition) is 6. The number of carbonyl (C=O) groups is 1. The van der Waals surface area contributed by atoms with Crippen LogP contribution < -0.4 is 9.47 Å². The summed E-state index contributed by atoms with van der Waals surface area (Å²) in [5.41, 5.74) is 1.10. The van der Waals surface area contributed by atoms with Crippen molar-refractivity contribution in [3.8, 4) is 11.5 Å². The second-order valence-corrected chi connectivity index (χ2v) is 5.80. The van der Waals surface area contributed by atoms with Crippen LogP contribution in [-0.4, -0.2) is 38.9 Å². The maximum atomic E-state index is 11.8. The molecule has 146 valence electrons. The van der Waals surface area contributed by atoms with Crippen molar-refractivity contribution in [3.63, 3.8) is 0 Å². The van der Waals surface area contributed by atoms with Crippen molar-refractivity contribution in [2.75, 3.05) is 27.8 Å². The Morgan fingerprint density at radius 3 is 2.22 bits per heavy atom. The van der Waals surface area contributed by atoms with Crippen LogP contribution in [0.15, 0.2) is 36.4 Å². The van der Waals surface area contributed by atoms with Crippen LogP contribution in [-0.2, 0) is 27.4 Å². The molecule has 0 fully saturated rings. The Hall–Kier alpha value is -2.32. The van der Waals surface area contributed by atoms with Crippen LogP contribution in [0.2, 0.25) is 5.02 Å². The van der Waals surface area contributed by atoms with E-state index in [0.29, 0.717) is 6.61 Å². The molecule has 0 aliphatic carbocycles. The van der Waals surface area contributed by atoms with Crippen molar-refractivity contribution in [3.05, 3.63) is 58.1 Å². The van der Waals surface area contributed by atoms with E-state index >= 15 is 0 Å². The molecule has 0 aliphatic heterocycles. The summed E-state index contributed by atoms with van der Waals surface area (Å²) in [6.07, 6.45) is 0. The number of halogens is 1. The average molecular weight is 397 g/mol.